The minimum atomic E-state index is 0.831. The van der Waals surface area contributed by atoms with E-state index in [4.69, 9.17) is 9.97 Å². The molecule has 0 radical (unpaired) electrons. The average molecular weight is 537 g/mol. The average Bonchev–Trinajstić information content (AvgIpc) is 3.58. The van der Waals surface area contributed by atoms with Crippen LogP contribution in [0.2, 0.25) is 0 Å². The van der Waals surface area contributed by atoms with E-state index in [-0.39, 0.29) is 0 Å². The molecule has 0 amide bonds. The van der Waals surface area contributed by atoms with Gasteiger partial charge in [-0.15, -0.1) is 0 Å². The molecule has 4 heteroatoms. The number of rotatable bonds is 3. The van der Waals surface area contributed by atoms with E-state index in [1.165, 1.54) is 32.6 Å². The number of fused-ring (bicyclic) bond motifs is 8. The fourth-order valence-electron chi connectivity index (χ4n) is 6.54. The summed E-state index contributed by atoms with van der Waals surface area (Å²) in [6.45, 7) is 0. The smallest absolute Gasteiger partial charge is 0.165 e. The van der Waals surface area contributed by atoms with Gasteiger partial charge in [0.1, 0.15) is 5.69 Å². The molecule has 0 bridgehead atoms. The minimum absolute atomic E-state index is 0.831. The van der Waals surface area contributed by atoms with E-state index in [1.54, 1.807) is 0 Å². The molecule has 0 aliphatic rings. The maximum atomic E-state index is 5.28. The number of hydrogen-bond donors (Lipinski definition) is 0. The van der Waals surface area contributed by atoms with Gasteiger partial charge in [0, 0.05) is 32.8 Å². The maximum Gasteiger partial charge on any atom is 0.165 e. The first-order valence-corrected chi connectivity index (χ1v) is 14.2. The van der Waals surface area contributed by atoms with Crippen LogP contribution < -0.4 is 0 Å². The summed E-state index contributed by atoms with van der Waals surface area (Å²) < 4.78 is 4.68. The molecule has 0 unspecified atom stereocenters. The SMILES string of the molecule is c1ccc(-c2nc3ccccc3nc2-n2c3ccccc3c3c4c5ccccc5n(-c5ccccc5)c4ccc32)cc1. The van der Waals surface area contributed by atoms with Gasteiger partial charge in [0.25, 0.3) is 0 Å². The van der Waals surface area contributed by atoms with E-state index >= 15 is 0 Å². The molecule has 0 aliphatic carbocycles. The van der Waals surface area contributed by atoms with Crippen LogP contribution in [0.1, 0.15) is 0 Å². The fraction of sp³-hybridized carbons (Fsp3) is 0. The van der Waals surface area contributed by atoms with E-state index in [0.29, 0.717) is 0 Å². The number of nitrogens with zero attached hydrogens (tertiary/aromatic N) is 4. The van der Waals surface area contributed by atoms with Crippen LogP contribution >= 0.6 is 0 Å². The standard InChI is InChI=1S/C38H24N4/c1-3-13-25(14-4-1)37-38(40-30-20-10-9-19-29(30)39-37)42-32-22-12-8-18-28(32)36-34(42)24-23-33-35(36)27-17-7-11-21-31(27)41(33)26-15-5-2-6-16-26/h1-24H. The summed E-state index contributed by atoms with van der Waals surface area (Å²) in [6, 6.07) is 51.0. The molecule has 42 heavy (non-hydrogen) atoms. The lowest BCUT2D eigenvalue weighted by atomic mass is 10.1. The van der Waals surface area contributed by atoms with Gasteiger partial charge in [0.2, 0.25) is 0 Å². The third-order valence-corrected chi connectivity index (χ3v) is 8.30. The van der Waals surface area contributed by atoms with Crippen molar-refractivity contribution in [3.8, 4) is 22.8 Å². The van der Waals surface area contributed by atoms with Crippen LogP contribution in [-0.2, 0) is 0 Å². The molecule has 3 aromatic heterocycles. The van der Waals surface area contributed by atoms with Crippen molar-refractivity contribution in [3.05, 3.63) is 146 Å². The highest BCUT2D eigenvalue weighted by Gasteiger charge is 2.23. The Morgan fingerprint density at radius 1 is 0.381 bits per heavy atom. The van der Waals surface area contributed by atoms with Gasteiger partial charge in [-0.25, -0.2) is 9.97 Å². The number of benzene rings is 6. The Morgan fingerprint density at radius 2 is 0.881 bits per heavy atom. The van der Waals surface area contributed by atoms with Gasteiger partial charge in [-0.3, -0.25) is 4.57 Å². The molecule has 6 aromatic carbocycles. The van der Waals surface area contributed by atoms with Gasteiger partial charge < -0.3 is 4.57 Å². The quantitative estimate of drug-likeness (QED) is 0.225. The molecule has 0 aliphatic heterocycles. The zero-order valence-electron chi connectivity index (χ0n) is 22.6. The van der Waals surface area contributed by atoms with E-state index in [0.717, 1.165) is 44.8 Å². The third-order valence-electron chi connectivity index (χ3n) is 8.30. The first-order valence-electron chi connectivity index (χ1n) is 14.2. The first kappa shape index (κ1) is 23.0. The van der Waals surface area contributed by atoms with E-state index in [9.17, 15) is 0 Å². The molecule has 3 heterocycles. The molecule has 4 nitrogen and oxygen atoms in total. The van der Waals surface area contributed by atoms with Gasteiger partial charge in [-0.05, 0) is 48.5 Å². The lowest BCUT2D eigenvalue weighted by Crippen LogP contribution is -2.03. The zero-order chi connectivity index (χ0) is 27.6. The molecule has 0 spiro atoms. The van der Waals surface area contributed by atoms with Crippen LogP contribution in [-0.4, -0.2) is 19.1 Å². The molecule has 9 aromatic rings. The summed E-state index contributed by atoms with van der Waals surface area (Å²) in [5.41, 5.74) is 9.42. The summed E-state index contributed by atoms with van der Waals surface area (Å²) in [6.07, 6.45) is 0. The van der Waals surface area contributed by atoms with E-state index < -0.39 is 0 Å². The number of aromatic nitrogens is 4. The predicted octanol–water partition coefficient (Wildman–Crippen LogP) is 9.49. The monoisotopic (exact) mass is 536 g/mol. The summed E-state index contributed by atoms with van der Waals surface area (Å²) >= 11 is 0. The highest BCUT2D eigenvalue weighted by molar-refractivity contribution is 6.29. The molecule has 0 saturated carbocycles. The second-order valence-electron chi connectivity index (χ2n) is 10.6. The van der Waals surface area contributed by atoms with Gasteiger partial charge >= 0.3 is 0 Å². The van der Waals surface area contributed by atoms with Crippen LogP contribution in [0.3, 0.4) is 0 Å². The summed E-state index contributed by atoms with van der Waals surface area (Å²) in [4.78, 5) is 10.5. The Morgan fingerprint density at radius 3 is 1.55 bits per heavy atom. The van der Waals surface area contributed by atoms with E-state index in [1.807, 2.05) is 30.3 Å². The van der Waals surface area contributed by atoms with Gasteiger partial charge in [0.05, 0.1) is 33.1 Å². The largest absolute Gasteiger partial charge is 0.309 e. The highest BCUT2D eigenvalue weighted by atomic mass is 15.1. The molecule has 196 valence electrons. The number of hydrogen-bond acceptors (Lipinski definition) is 2. The molecular formula is C38H24N4. The minimum Gasteiger partial charge on any atom is -0.309 e. The molecule has 0 fully saturated rings. The van der Waals surface area contributed by atoms with Gasteiger partial charge in [-0.1, -0.05) is 97.1 Å². The summed E-state index contributed by atoms with van der Waals surface area (Å²) in [5, 5.41) is 4.90. The van der Waals surface area contributed by atoms with Crippen LogP contribution in [0.4, 0.5) is 0 Å². The van der Waals surface area contributed by atoms with Crippen molar-refractivity contribution in [2.45, 2.75) is 0 Å². The Kier molecular flexibility index (Phi) is 4.87. The molecule has 9 rings (SSSR count). The normalized spacial score (nSPS) is 11.8. The molecule has 0 saturated heterocycles. The Hall–Kier alpha value is -5.74. The Labute approximate surface area is 241 Å². The van der Waals surface area contributed by atoms with Gasteiger partial charge in [-0.2, -0.15) is 0 Å². The summed E-state index contributed by atoms with van der Waals surface area (Å²) in [5.74, 6) is 0.831. The van der Waals surface area contributed by atoms with Crippen LogP contribution in [0.5, 0.6) is 0 Å². The zero-order valence-corrected chi connectivity index (χ0v) is 22.6. The fourth-order valence-corrected chi connectivity index (χ4v) is 6.54. The van der Waals surface area contributed by atoms with Crippen molar-refractivity contribution in [2.75, 3.05) is 0 Å². The topological polar surface area (TPSA) is 35.6 Å². The third kappa shape index (κ3) is 3.23. The van der Waals surface area contributed by atoms with Crippen molar-refractivity contribution in [2.24, 2.45) is 0 Å². The Bertz CT molecular complexity index is 2450. The van der Waals surface area contributed by atoms with Crippen molar-refractivity contribution in [1.29, 1.82) is 0 Å². The maximum absolute atomic E-state index is 5.28. The van der Waals surface area contributed by atoms with Gasteiger partial charge in [0.15, 0.2) is 5.82 Å². The van der Waals surface area contributed by atoms with Crippen LogP contribution in [0.15, 0.2) is 146 Å². The summed E-state index contributed by atoms with van der Waals surface area (Å²) in [7, 11) is 0. The lowest BCUT2D eigenvalue weighted by molar-refractivity contribution is 1.08. The molecular weight excluding hydrogens is 512 g/mol. The Balaban J connectivity index is 1.48. The van der Waals surface area contributed by atoms with Crippen molar-refractivity contribution in [1.82, 2.24) is 19.1 Å². The van der Waals surface area contributed by atoms with Crippen molar-refractivity contribution >= 4 is 54.6 Å². The second kappa shape index (κ2) is 8.88. The van der Waals surface area contributed by atoms with E-state index in [2.05, 4.69) is 124 Å². The van der Waals surface area contributed by atoms with Crippen molar-refractivity contribution < 1.29 is 0 Å². The van der Waals surface area contributed by atoms with Crippen molar-refractivity contribution in [3.63, 3.8) is 0 Å². The molecule has 0 atom stereocenters. The first-order chi connectivity index (χ1) is 20.9. The lowest BCUT2D eigenvalue weighted by Gasteiger charge is -2.14. The number of para-hydroxylation sites is 5. The highest BCUT2D eigenvalue weighted by Crippen LogP contribution is 2.43. The predicted molar refractivity (Wildman–Crippen MR) is 174 cm³/mol. The van der Waals surface area contributed by atoms with Crippen LogP contribution in [0.25, 0.3) is 77.4 Å². The second-order valence-corrected chi connectivity index (χ2v) is 10.6. The van der Waals surface area contributed by atoms with Crippen LogP contribution in [0, 0.1) is 0 Å². The molecule has 0 N–H and O–H groups in total.